The number of carboxylic acids is 1. The number of aliphatic carboxylic acids is 1. The van der Waals surface area contributed by atoms with Crippen molar-refractivity contribution in [1.82, 2.24) is 14.5 Å². The second kappa shape index (κ2) is 6.75. The number of aromatic nitrogens is 2. The summed E-state index contributed by atoms with van der Waals surface area (Å²) in [5, 5.41) is 20.5. The molecular formula is C18H23N3O3. The van der Waals surface area contributed by atoms with Crippen LogP contribution in [0.2, 0.25) is 0 Å². The predicted octanol–water partition coefficient (Wildman–Crippen LogP) is 1.30. The minimum Gasteiger partial charge on any atom is -0.481 e. The summed E-state index contributed by atoms with van der Waals surface area (Å²) in [4.78, 5) is 18.2. The lowest BCUT2D eigenvalue weighted by Gasteiger charge is -2.42. The van der Waals surface area contributed by atoms with E-state index in [1.807, 2.05) is 41.9 Å². The summed E-state index contributed by atoms with van der Waals surface area (Å²) in [7, 11) is 1.93. The van der Waals surface area contributed by atoms with Crippen molar-refractivity contribution < 1.29 is 15.0 Å². The molecule has 0 radical (unpaired) electrons. The third kappa shape index (κ3) is 3.20. The van der Waals surface area contributed by atoms with Gasteiger partial charge in [0, 0.05) is 26.3 Å². The first-order valence-electron chi connectivity index (χ1n) is 8.14. The van der Waals surface area contributed by atoms with E-state index < -0.39 is 17.5 Å². The zero-order valence-electron chi connectivity index (χ0n) is 13.8. The molecule has 1 saturated heterocycles. The third-order valence-corrected chi connectivity index (χ3v) is 5.03. The van der Waals surface area contributed by atoms with E-state index in [1.165, 1.54) is 0 Å². The molecule has 6 nitrogen and oxygen atoms in total. The molecule has 2 N–H and O–H groups in total. The molecule has 3 rings (SSSR count). The number of carbonyl (C=O) groups is 1. The van der Waals surface area contributed by atoms with Crippen molar-refractivity contribution in [3.63, 3.8) is 0 Å². The highest BCUT2D eigenvalue weighted by atomic mass is 16.4. The van der Waals surface area contributed by atoms with Gasteiger partial charge in [0.1, 0.15) is 5.41 Å². The highest BCUT2D eigenvalue weighted by molar-refractivity contribution is 5.76. The number of likely N-dealkylation sites (tertiary alicyclic amines) is 1. The molecule has 1 aliphatic rings. The number of β-amino-alcohol motifs (C(OH)–C–C–N with tert-alkyl or cyclic N) is 1. The van der Waals surface area contributed by atoms with E-state index in [4.69, 9.17) is 0 Å². The maximum Gasteiger partial charge on any atom is 0.312 e. The Hall–Kier alpha value is -2.18. The molecule has 2 aromatic rings. The van der Waals surface area contributed by atoms with Crippen LogP contribution in [-0.4, -0.2) is 49.8 Å². The molecule has 0 aliphatic carbocycles. The molecule has 1 fully saturated rings. The monoisotopic (exact) mass is 329 g/mol. The first kappa shape index (κ1) is 16.7. The van der Waals surface area contributed by atoms with Crippen molar-refractivity contribution in [2.75, 3.05) is 13.1 Å². The molecular weight excluding hydrogens is 306 g/mol. The number of imidazole rings is 1. The maximum absolute atomic E-state index is 12.0. The third-order valence-electron chi connectivity index (χ3n) is 5.03. The summed E-state index contributed by atoms with van der Waals surface area (Å²) in [6.07, 6.45) is 3.42. The number of benzene rings is 1. The number of aryl methyl sites for hydroxylation is 1. The number of nitrogens with zero attached hydrogens (tertiary/aromatic N) is 3. The highest BCUT2D eigenvalue weighted by Crippen LogP contribution is 2.36. The standard InChI is InChI=1S/C18H23N3O3/c1-20-13-19-10-15(20)11-21-8-7-18(17(23)24,16(22)12-21)9-14-5-3-2-4-6-14/h2-6,10,13,16,22H,7-9,11-12H2,1H3,(H,23,24)/t16-,18+/m0/s1. The van der Waals surface area contributed by atoms with Gasteiger partial charge in [0.15, 0.2) is 0 Å². The van der Waals surface area contributed by atoms with Crippen LogP contribution in [0.15, 0.2) is 42.9 Å². The van der Waals surface area contributed by atoms with E-state index in [0.29, 0.717) is 32.5 Å². The molecule has 0 saturated carbocycles. The van der Waals surface area contributed by atoms with Crippen LogP contribution in [0.5, 0.6) is 0 Å². The number of aliphatic hydroxyl groups excluding tert-OH is 1. The van der Waals surface area contributed by atoms with Gasteiger partial charge in [0.05, 0.1) is 18.1 Å². The molecule has 1 aromatic carbocycles. The van der Waals surface area contributed by atoms with Gasteiger partial charge in [-0.3, -0.25) is 9.69 Å². The van der Waals surface area contributed by atoms with Gasteiger partial charge in [-0.25, -0.2) is 4.98 Å². The fourth-order valence-electron chi connectivity index (χ4n) is 3.44. The lowest BCUT2D eigenvalue weighted by Crippen LogP contribution is -2.55. The number of rotatable bonds is 5. The topological polar surface area (TPSA) is 78.6 Å². The Bertz CT molecular complexity index is 701. The Morgan fingerprint density at radius 1 is 1.38 bits per heavy atom. The Balaban J connectivity index is 1.74. The van der Waals surface area contributed by atoms with E-state index >= 15 is 0 Å². The van der Waals surface area contributed by atoms with Gasteiger partial charge in [-0.2, -0.15) is 0 Å². The summed E-state index contributed by atoms with van der Waals surface area (Å²) in [6, 6.07) is 9.53. The molecule has 0 unspecified atom stereocenters. The van der Waals surface area contributed by atoms with E-state index in [0.717, 1.165) is 11.3 Å². The minimum absolute atomic E-state index is 0.351. The Kier molecular flexibility index (Phi) is 4.69. The average Bonchev–Trinajstić information content (AvgIpc) is 2.96. The molecule has 128 valence electrons. The smallest absolute Gasteiger partial charge is 0.312 e. The number of aliphatic hydroxyl groups is 1. The molecule has 0 amide bonds. The Morgan fingerprint density at radius 3 is 2.71 bits per heavy atom. The fourth-order valence-corrected chi connectivity index (χ4v) is 3.44. The lowest BCUT2D eigenvalue weighted by molar-refractivity contribution is -0.163. The average molecular weight is 329 g/mol. The van der Waals surface area contributed by atoms with Crippen molar-refractivity contribution in [3.8, 4) is 0 Å². The van der Waals surface area contributed by atoms with Gasteiger partial charge in [0.25, 0.3) is 0 Å². The normalized spacial score (nSPS) is 24.8. The summed E-state index contributed by atoms with van der Waals surface area (Å²) in [6.45, 7) is 1.65. The van der Waals surface area contributed by atoms with Crippen LogP contribution in [0.25, 0.3) is 0 Å². The first-order valence-corrected chi connectivity index (χ1v) is 8.14. The summed E-state index contributed by atoms with van der Waals surface area (Å²) in [5.41, 5.74) is 0.872. The first-order chi connectivity index (χ1) is 11.5. The summed E-state index contributed by atoms with van der Waals surface area (Å²) in [5.74, 6) is -0.918. The van der Waals surface area contributed by atoms with Crippen molar-refractivity contribution in [3.05, 3.63) is 54.1 Å². The quantitative estimate of drug-likeness (QED) is 0.864. The lowest BCUT2D eigenvalue weighted by atomic mass is 9.71. The van der Waals surface area contributed by atoms with Gasteiger partial charge in [-0.15, -0.1) is 0 Å². The summed E-state index contributed by atoms with van der Waals surface area (Å²) < 4.78 is 1.94. The fraction of sp³-hybridized carbons (Fsp3) is 0.444. The predicted molar refractivity (Wildman–Crippen MR) is 89.3 cm³/mol. The largest absolute Gasteiger partial charge is 0.481 e. The zero-order chi connectivity index (χ0) is 17.2. The molecule has 24 heavy (non-hydrogen) atoms. The molecule has 1 aromatic heterocycles. The van der Waals surface area contributed by atoms with Crippen molar-refractivity contribution in [2.45, 2.75) is 25.5 Å². The molecule has 1 aliphatic heterocycles. The number of piperidine rings is 1. The minimum atomic E-state index is -1.12. The van der Waals surface area contributed by atoms with Crippen LogP contribution in [0.3, 0.4) is 0 Å². The SMILES string of the molecule is Cn1cncc1CN1CC[C@](Cc2ccccc2)(C(=O)O)[C@@H](O)C1. The Morgan fingerprint density at radius 2 is 2.12 bits per heavy atom. The van der Waals surface area contributed by atoms with E-state index in [2.05, 4.69) is 9.88 Å². The van der Waals surface area contributed by atoms with Gasteiger partial charge in [0.2, 0.25) is 0 Å². The van der Waals surface area contributed by atoms with Crippen LogP contribution in [0.4, 0.5) is 0 Å². The van der Waals surface area contributed by atoms with Crippen molar-refractivity contribution >= 4 is 5.97 Å². The Labute approximate surface area is 141 Å². The molecule has 6 heteroatoms. The molecule has 0 spiro atoms. The second-order valence-electron chi connectivity index (χ2n) is 6.62. The van der Waals surface area contributed by atoms with Crippen LogP contribution in [0, 0.1) is 5.41 Å². The summed E-state index contributed by atoms with van der Waals surface area (Å²) >= 11 is 0. The van der Waals surface area contributed by atoms with Gasteiger partial charge in [-0.05, 0) is 24.9 Å². The van der Waals surface area contributed by atoms with Crippen LogP contribution < -0.4 is 0 Å². The molecule has 2 atom stereocenters. The van der Waals surface area contributed by atoms with Gasteiger partial charge in [-0.1, -0.05) is 30.3 Å². The highest BCUT2D eigenvalue weighted by Gasteiger charge is 2.48. The maximum atomic E-state index is 12.0. The van der Waals surface area contributed by atoms with E-state index in [1.54, 1.807) is 12.5 Å². The zero-order valence-corrected chi connectivity index (χ0v) is 13.8. The number of hydrogen-bond donors (Lipinski definition) is 2. The van der Waals surface area contributed by atoms with Crippen molar-refractivity contribution in [2.24, 2.45) is 12.5 Å². The number of hydrogen-bond acceptors (Lipinski definition) is 4. The van der Waals surface area contributed by atoms with E-state index in [9.17, 15) is 15.0 Å². The molecule has 2 heterocycles. The number of carboxylic acid groups (broad SMARTS) is 1. The van der Waals surface area contributed by atoms with Gasteiger partial charge >= 0.3 is 5.97 Å². The molecule has 0 bridgehead atoms. The van der Waals surface area contributed by atoms with Crippen molar-refractivity contribution in [1.29, 1.82) is 0 Å². The van der Waals surface area contributed by atoms with E-state index in [-0.39, 0.29) is 0 Å². The van der Waals surface area contributed by atoms with Crippen LogP contribution >= 0.6 is 0 Å². The van der Waals surface area contributed by atoms with Gasteiger partial charge < -0.3 is 14.8 Å². The second-order valence-corrected chi connectivity index (χ2v) is 6.62. The van der Waals surface area contributed by atoms with Crippen LogP contribution in [-0.2, 0) is 24.8 Å². The van der Waals surface area contributed by atoms with Crippen LogP contribution in [0.1, 0.15) is 17.7 Å².